The molecule has 0 aliphatic carbocycles. The van der Waals surface area contributed by atoms with E-state index >= 15 is 0 Å². The third-order valence-electron chi connectivity index (χ3n) is 2.65. The average Bonchev–Trinajstić information content (AvgIpc) is 2.35. The maximum Gasteiger partial charge on any atom is 0.308 e. The summed E-state index contributed by atoms with van der Waals surface area (Å²) in [5.74, 6) is -0.455. The number of carbonyl (C=O) groups excluding carboxylic acids is 1. The zero-order valence-corrected chi connectivity index (χ0v) is 13.6. The Balaban J connectivity index is 2.52. The molecule has 8 heteroatoms. The predicted octanol–water partition coefficient (Wildman–Crippen LogP) is 0.221. The maximum absolute atomic E-state index is 12.0. The van der Waals surface area contributed by atoms with Gasteiger partial charge in [-0.05, 0) is 20.8 Å². The van der Waals surface area contributed by atoms with Gasteiger partial charge < -0.3 is 15.2 Å². The van der Waals surface area contributed by atoms with Gasteiger partial charge in [-0.1, -0.05) is 6.08 Å². The van der Waals surface area contributed by atoms with E-state index in [9.17, 15) is 13.2 Å². The van der Waals surface area contributed by atoms with E-state index in [0.717, 1.165) is 5.41 Å². The normalized spacial score (nSPS) is 19.6. The lowest BCUT2D eigenvalue weighted by molar-refractivity contribution is -0.154. The van der Waals surface area contributed by atoms with Crippen LogP contribution in [0.3, 0.4) is 0 Å². The zero-order valence-electron chi connectivity index (χ0n) is 12.7. The first-order valence-corrected chi connectivity index (χ1v) is 8.34. The minimum absolute atomic E-state index is 0.0631. The molecule has 0 bridgehead atoms. The molecule has 122 valence electrons. The van der Waals surface area contributed by atoms with Crippen molar-refractivity contribution in [3.63, 3.8) is 0 Å². The third-order valence-corrected chi connectivity index (χ3v) is 4.24. The SMILES string of the molecule is CC(C)(C)OC(=O)C[C@H](N)/C=C/S(=O)(=O)N1CCOCC1. The zero-order chi connectivity index (χ0) is 16.1. The number of morpholine rings is 1. The van der Waals surface area contributed by atoms with E-state index in [1.54, 1.807) is 20.8 Å². The highest BCUT2D eigenvalue weighted by Crippen LogP contribution is 2.10. The Morgan fingerprint density at radius 1 is 1.38 bits per heavy atom. The molecule has 0 unspecified atom stereocenters. The van der Waals surface area contributed by atoms with E-state index in [0.29, 0.717) is 26.3 Å². The Bertz CT molecular complexity index is 475. The quantitative estimate of drug-likeness (QED) is 0.728. The molecule has 0 saturated carbocycles. The van der Waals surface area contributed by atoms with Crippen molar-refractivity contribution in [2.24, 2.45) is 5.73 Å². The monoisotopic (exact) mass is 320 g/mol. The first-order valence-electron chi connectivity index (χ1n) is 6.84. The van der Waals surface area contributed by atoms with Gasteiger partial charge in [0, 0.05) is 24.5 Å². The van der Waals surface area contributed by atoms with Crippen molar-refractivity contribution in [3.8, 4) is 0 Å². The Labute approximate surface area is 126 Å². The predicted molar refractivity (Wildman–Crippen MR) is 78.9 cm³/mol. The molecule has 1 fully saturated rings. The van der Waals surface area contributed by atoms with Crippen molar-refractivity contribution >= 4 is 16.0 Å². The van der Waals surface area contributed by atoms with Crippen molar-refractivity contribution in [1.82, 2.24) is 4.31 Å². The van der Waals surface area contributed by atoms with Crippen molar-refractivity contribution in [2.45, 2.75) is 38.8 Å². The second-order valence-electron chi connectivity index (χ2n) is 5.84. The summed E-state index contributed by atoms with van der Waals surface area (Å²) in [6.45, 7) is 6.70. The van der Waals surface area contributed by atoms with Gasteiger partial charge in [-0.15, -0.1) is 0 Å². The molecule has 0 radical (unpaired) electrons. The van der Waals surface area contributed by atoms with E-state index in [1.807, 2.05) is 0 Å². The van der Waals surface area contributed by atoms with Crippen molar-refractivity contribution in [3.05, 3.63) is 11.5 Å². The minimum atomic E-state index is -3.51. The van der Waals surface area contributed by atoms with Crippen LogP contribution in [0.2, 0.25) is 0 Å². The van der Waals surface area contributed by atoms with E-state index < -0.39 is 27.6 Å². The summed E-state index contributed by atoms with van der Waals surface area (Å²) >= 11 is 0. The Morgan fingerprint density at radius 3 is 2.48 bits per heavy atom. The molecule has 0 spiro atoms. The molecule has 0 aromatic carbocycles. The number of esters is 1. The molecule has 1 aliphatic heterocycles. The van der Waals surface area contributed by atoms with Gasteiger partial charge in [-0.3, -0.25) is 4.79 Å². The van der Waals surface area contributed by atoms with Crippen LogP contribution < -0.4 is 5.73 Å². The molecule has 1 aliphatic rings. The van der Waals surface area contributed by atoms with Gasteiger partial charge in [0.15, 0.2) is 0 Å². The standard InChI is InChI=1S/C13H24N2O5S/c1-13(2,3)20-12(16)10-11(14)4-9-21(17,18)15-5-7-19-8-6-15/h4,9,11H,5-8,10,14H2,1-3H3/b9-4+/t11-/m1/s1. The number of hydrogen-bond donors (Lipinski definition) is 1. The highest BCUT2D eigenvalue weighted by Gasteiger charge is 2.22. The summed E-state index contributed by atoms with van der Waals surface area (Å²) in [6, 6.07) is -0.698. The van der Waals surface area contributed by atoms with Gasteiger partial charge in [0.05, 0.1) is 19.6 Å². The molecule has 1 atom stereocenters. The second kappa shape index (κ2) is 7.35. The smallest absolute Gasteiger partial charge is 0.308 e. The number of carbonyl (C=O) groups is 1. The summed E-state index contributed by atoms with van der Waals surface area (Å²) in [5.41, 5.74) is 5.15. The van der Waals surface area contributed by atoms with Gasteiger partial charge in [0.25, 0.3) is 0 Å². The second-order valence-corrected chi connectivity index (χ2v) is 7.66. The number of sulfonamides is 1. The maximum atomic E-state index is 12.0. The van der Waals surface area contributed by atoms with Crippen LogP contribution in [0.1, 0.15) is 27.2 Å². The van der Waals surface area contributed by atoms with E-state index in [4.69, 9.17) is 15.2 Å². The van der Waals surface area contributed by atoms with Gasteiger partial charge in [0.2, 0.25) is 10.0 Å². The molecular weight excluding hydrogens is 296 g/mol. The highest BCUT2D eigenvalue weighted by atomic mass is 32.2. The molecule has 0 aromatic heterocycles. The Kier molecular flexibility index (Phi) is 6.33. The summed E-state index contributed by atoms with van der Waals surface area (Å²) in [7, 11) is -3.51. The van der Waals surface area contributed by atoms with Crippen LogP contribution in [-0.4, -0.2) is 56.6 Å². The Hall–Kier alpha value is -0.960. The lowest BCUT2D eigenvalue weighted by atomic mass is 10.2. The largest absolute Gasteiger partial charge is 0.460 e. The van der Waals surface area contributed by atoms with Crippen LogP contribution >= 0.6 is 0 Å². The van der Waals surface area contributed by atoms with E-state index in [1.165, 1.54) is 10.4 Å². The highest BCUT2D eigenvalue weighted by molar-refractivity contribution is 7.92. The fourth-order valence-corrected chi connectivity index (χ4v) is 2.96. The molecule has 0 aromatic rings. The molecule has 1 rings (SSSR count). The van der Waals surface area contributed by atoms with E-state index in [2.05, 4.69) is 0 Å². The molecule has 7 nitrogen and oxygen atoms in total. The number of nitrogens with zero attached hydrogens (tertiary/aromatic N) is 1. The Morgan fingerprint density at radius 2 is 1.95 bits per heavy atom. The third kappa shape index (κ3) is 7.03. The van der Waals surface area contributed by atoms with Crippen LogP contribution in [0, 0.1) is 0 Å². The van der Waals surface area contributed by atoms with Crippen LogP contribution in [-0.2, 0) is 24.3 Å². The van der Waals surface area contributed by atoms with Crippen molar-refractivity contribution in [2.75, 3.05) is 26.3 Å². The summed E-state index contributed by atoms with van der Waals surface area (Å²) in [5, 5.41) is 1.05. The van der Waals surface area contributed by atoms with E-state index in [-0.39, 0.29) is 6.42 Å². The fraction of sp³-hybridized carbons (Fsp3) is 0.769. The van der Waals surface area contributed by atoms with Crippen molar-refractivity contribution in [1.29, 1.82) is 0 Å². The van der Waals surface area contributed by atoms with Gasteiger partial charge in [-0.25, -0.2) is 8.42 Å². The number of hydrogen-bond acceptors (Lipinski definition) is 6. The molecule has 0 amide bonds. The van der Waals surface area contributed by atoms with Crippen LogP contribution in [0.15, 0.2) is 11.5 Å². The molecule has 1 heterocycles. The fourth-order valence-electron chi connectivity index (χ4n) is 1.73. The first-order chi connectivity index (χ1) is 9.60. The number of nitrogens with two attached hydrogens (primary N) is 1. The molecule has 21 heavy (non-hydrogen) atoms. The van der Waals surface area contributed by atoms with Crippen LogP contribution in [0.25, 0.3) is 0 Å². The minimum Gasteiger partial charge on any atom is -0.460 e. The lowest BCUT2D eigenvalue weighted by Gasteiger charge is -2.24. The average molecular weight is 320 g/mol. The number of rotatable bonds is 5. The van der Waals surface area contributed by atoms with Crippen molar-refractivity contribution < 1.29 is 22.7 Å². The molecular formula is C13H24N2O5S. The summed E-state index contributed by atoms with van der Waals surface area (Å²) < 4.78 is 35.6. The van der Waals surface area contributed by atoms with Crippen LogP contribution in [0.5, 0.6) is 0 Å². The summed E-state index contributed by atoms with van der Waals surface area (Å²) in [6.07, 6.45) is 1.25. The van der Waals surface area contributed by atoms with Crippen LogP contribution in [0.4, 0.5) is 0 Å². The topological polar surface area (TPSA) is 98.9 Å². The first kappa shape index (κ1) is 18.1. The molecule has 1 saturated heterocycles. The number of ether oxygens (including phenoxy) is 2. The van der Waals surface area contributed by atoms with Gasteiger partial charge in [-0.2, -0.15) is 4.31 Å². The summed E-state index contributed by atoms with van der Waals surface area (Å²) in [4.78, 5) is 11.6. The van der Waals surface area contributed by atoms with Gasteiger partial charge >= 0.3 is 5.97 Å². The van der Waals surface area contributed by atoms with Gasteiger partial charge in [0.1, 0.15) is 5.60 Å². The molecule has 2 N–H and O–H groups in total. The lowest BCUT2D eigenvalue weighted by Crippen LogP contribution is -2.39.